The molecule has 1 N–H and O–H groups in total. The molecule has 1 aromatic carbocycles. The van der Waals surface area contributed by atoms with Crippen molar-refractivity contribution in [3.63, 3.8) is 0 Å². The van der Waals surface area contributed by atoms with Crippen molar-refractivity contribution in [1.82, 2.24) is 19.6 Å². The quantitative estimate of drug-likeness (QED) is 0.607. The molecule has 3 rings (SSSR count). The number of halogens is 1. The molecule has 8 nitrogen and oxygen atoms in total. The first-order chi connectivity index (χ1) is 13.9. The number of hydrogen-bond donors (Lipinski definition) is 1. The highest BCUT2D eigenvalue weighted by Gasteiger charge is 2.15. The largest absolute Gasteiger partial charge is 0.493 e. The SMILES string of the molecule is COc1ccc(Cn2nc(C)c(NC(=O)CCn3cc(Cl)cn3)c2C)cc1OC. The number of rotatable bonds is 8. The first-order valence-electron chi connectivity index (χ1n) is 9.14. The summed E-state index contributed by atoms with van der Waals surface area (Å²) < 4.78 is 14.1. The highest BCUT2D eigenvalue weighted by Crippen LogP contribution is 2.28. The van der Waals surface area contributed by atoms with Gasteiger partial charge < -0.3 is 14.8 Å². The summed E-state index contributed by atoms with van der Waals surface area (Å²) >= 11 is 5.84. The van der Waals surface area contributed by atoms with Crippen LogP contribution in [0.5, 0.6) is 11.5 Å². The van der Waals surface area contributed by atoms with Crippen LogP contribution in [0.25, 0.3) is 0 Å². The minimum atomic E-state index is -0.103. The van der Waals surface area contributed by atoms with Gasteiger partial charge in [-0.3, -0.25) is 14.2 Å². The van der Waals surface area contributed by atoms with Crippen LogP contribution < -0.4 is 14.8 Å². The minimum absolute atomic E-state index is 0.103. The van der Waals surface area contributed by atoms with E-state index in [1.54, 1.807) is 31.3 Å². The second-order valence-electron chi connectivity index (χ2n) is 6.61. The van der Waals surface area contributed by atoms with E-state index in [-0.39, 0.29) is 12.3 Å². The molecule has 0 bridgehead atoms. The Labute approximate surface area is 174 Å². The summed E-state index contributed by atoms with van der Waals surface area (Å²) in [6.07, 6.45) is 3.52. The fraction of sp³-hybridized carbons (Fsp3) is 0.350. The van der Waals surface area contributed by atoms with Crippen LogP contribution in [0.2, 0.25) is 5.02 Å². The smallest absolute Gasteiger partial charge is 0.226 e. The number of ether oxygens (including phenoxy) is 2. The molecule has 3 aromatic rings. The van der Waals surface area contributed by atoms with E-state index in [1.165, 1.54) is 0 Å². The maximum absolute atomic E-state index is 12.4. The highest BCUT2D eigenvalue weighted by atomic mass is 35.5. The molecule has 0 saturated heterocycles. The van der Waals surface area contributed by atoms with Crippen molar-refractivity contribution in [1.29, 1.82) is 0 Å². The van der Waals surface area contributed by atoms with Gasteiger partial charge in [-0.25, -0.2) is 0 Å². The van der Waals surface area contributed by atoms with E-state index in [0.29, 0.717) is 29.6 Å². The molecule has 0 saturated carbocycles. The molecule has 29 heavy (non-hydrogen) atoms. The number of nitrogens with zero attached hydrogens (tertiary/aromatic N) is 4. The number of aryl methyl sites for hydroxylation is 2. The first-order valence-corrected chi connectivity index (χ1v) is 9.51. The summed E-state index contributed by atoms with van der Waals surface area (Å²) in [6.45, 7) is 4.82. The summed E-state index contributed by atoms with van der Waals surface area (Å²) in [7, 11) is 3.21. The summed E-state index contributed by atoms with van der Waals surface area (Å²) in [5, 5.41) is 12.2. The maximum Gasteiger partial charge on any atom is 0.226 e. The molecule has 0 unspecified atom stereocenters. The van der Waals surface area contributed by atoms with Gasteiger partial charge in [0.2, 0.25) is 5.91 Å². The Balaban J connectivity index is 1.68. The van der Waals surface area contributed by atoms with Gasteiger partial charge >= 0.3 is 0 Å². The molecule has 0 spiro atoms. The summed E-state index contributed by atoms with van der Waals surface area (Å²) in [6, 6.07) is 5.75. The predicted octanol–water partition coefficient (Wildman–Crippen LogP) is 3.44. The molecule has 1 amide bonds. The zero-order chi connectivity index (χ0) is 21.0. The van der Waals surface area contributed by atoms with Crippen LogP contribution >= 0.6 is 11.6 Å². The lowest BCUT2D eigenvalue weighted by Gasteiger charge is -2.11. The van der Waals surface area contributed by atoms with E-state index in [9.17, 15) is 4.79 Å². The minimum Gasteiger partial charge on any atom is -0.493 e. The van der Waals surface area contributed by atoms with Crippen molar-refractivity contribution >= 4 is 23.2 Å². The Morgan fingerprint density at radius 3 is 2.62 bits per heavy atom. The van der Waals surface area contributed by atoms with Gasteiger partial charge in [0, 0.05) is 19.2 Å². The average molecular weight is 418 g/mol. The number of nitrogens with one attached hydrogen (secondary N) is 1. The van der Waals surface area contributed by atoms with Gasteiger partial charge in [0.25, 0.3) is 0 Å². The van der Waals surface area contributed by atoms with Gasteiger partial charge in [0.15, 0.2) is 11.5 Å². The van der Waals surface area contributed by atoms with Crippen LogP contribution in [0.15, 0.2) is 30.6 Å². The Hall–Kier alpha value is -3.00. The van der Waals surface area contributed by atoms with Crippen molar-refractivity contribution in [3.8, 4) is 11.5 Å². The molecule has 0 aliphatic rings. The van der Waals surface area contributed by atoms with Gasteiger partial charge in [-0.15, -0.1) is 0 Å². The second-order valence-corrected chi connectivity index (χ2v) is 7.05. The topological polar surface area (TPSA) is 83.2 Å². The van der Waals surface area contributed by atoms with Crippen LogP contribution in [0.4, 0.5) is 5.69 Å². The number of carbonyl (C=O) groups is 1. The zero-order valence-corrected chi connectivity index (χ0v) is 17.7. The lowest BCUT2D eigenvalue weighted by Crippen LogP contribution is -2.15. The Bertz CT molecular complexity index is 1010. The highest BCUT2D eigenvalue weighted by molar-refractivity contribution is 6.30. The van der Waals surface area contributed by atoms with Crippen LogP contribution in [-0.4, -0.2) is 39.7 Å². The van der Waals surface area contributed by atoms with Crippen molar-refractivity contribution in [2.24, 2.45) is 0 Å². The normalized spacial score (nSPS) is 10.8. The Morgan fingerprint density at radius 2 is 1.97 bits per heavy atom. The van der Waals surface area contributed by atoms with E-state index in [4.69, 9.17) is 21.1 Å². The first kappa shape index (κ1) is 20.7. The van der Waals surface area contributed by atoms with E-state index in [1.807, 2.05) is 36.7 Å². The molecule has 154 valence electrons. The zero-order valence-electron chi connectivity index (χ0n) is 16.9. The molecule has 0 aliphatic heterocycles. The number of anilines is 1. The number of benzene rings is 1. The molecule has 2 heterocycles. The van der Waals surface area contributed by atoms with Crippen molar-refractivity contribution < 1.29 is 14.3 Å². The number of aromatic nitrogens is 4. The summed E-state index contributed by atoms with van der Waals surface area (Å²) in [5.74, 6) is 1.24. The van der Waals surface area contributed by atoms with E-state index in [0.717, 1.165) is 22.6 Å². The number of amides is 1. The van der Waals surface area contributed by atoms with Gasteiger partial charge in [0.1, 0.15) is 0 Å². The molecule has 0 radical (unpaired) electrons. The molecular formula is C20H24ClN5O3. The molecule has 0 fully saturated rings. The maximum atomic E-state index is 12.4. The second kappa shape index (κ2) is 9.00. The van der Waals surface area contributed by atoms with Crippen molar-refractivity contribution in [2.75, 3.05) is 19.5 Å². The Morgan fingerprint density at radius 1 is 1.21 bits per heavy atom. The van der Waals surface area contributed by atoms with E-state index >= 15 is 0 Å². The number of carbonyl (C=O) groups excluding carboxylic acids is 1. The van der Waals surface area contributed by atoms with E-state index in [2.05, 4.69) is 15.5 Å². The Kier molecular flexibility index (Phi) is 6.43. The lowest BCUT2D eigenvalue weighted by atomic mass is 10.2. The van der Waals surface area contributed by atoms with Crippen LogP contribution in [-0.2, 0) is 17.9 Å². The molecular weight excluding hydrogens is 394 g/mol. The van der Waals surface area contributed by atoms with Crippen molar-refractivity contribution in [2.45, 2.75) is 33.4 Å². The third kappa shape index (κ3) is 4.89. The molecule has 9 heteroatoms. The summed E-state index contributed by atoms with van der Waals surface area (Å²) in [5.41, 5.74) is 3.39. The standard InChI is InChI=1S/C20H24ClN5O3/c1-13-20(23-19(27)7-8-25-12-16(21)10-22-25)14(2)26(24-13)11-15-5-6-17(28-3)18(9-15)29-4/h5-6,9-10,12H,7-8,11H2,1-4H3,(H,23,27). The van der Waals surface area contributed by atoms with Crippen LogP contribution in [0.3, 0.4) is 0 Å². The van der Waals surface area contributed by atoms with E-state index < -0.39 is 0 Å². The summed E-state index contributed by atoms with van der Waals surface area (Å²) in [4.78, 5) is 12.4. The predicted molar refractivity (Wildman–Crippen MR) is 111 cm³/mol. The fourth-order valence-electron chi connectivity index (χ4n) is 3.06. The number of methoxy groups -OCH3 is 2. The fourth-order valence-corrected chi connectivity index (χ4v) is 3.22. The van der Waals surface area contributed by atoms with Gasteiger partial charge in [0.05, 0.1) is 49.1 Å². The van der Waals surface area contributed by atoms with Gasteiger partial charge in [-0.05, 0) is 31.5 Å². The average Bonchev–Trinajstić information content (AvgIpc) is 3.24. The third-order valence-corrected chi connectivity index (χ3v) is 4.79. The van der Waals surface area contributed by atoms with Crippen molar-refractivity contribution in [3.05, 3.63) is 52.6 Å². The monoisotopic (exact) mass is 417 g/mol. The number of hydrogen-bond acceptors (Lipinski definition) is 5. The molecule has 0 atom stereocenters. The lowest BCUT2D eigenvalue weighted by molar-refractivity contribution is -0.116. The van der Waals surface area contributed by atoms with Gasteiger partial charge in [-0.2, -0.15) is 10.2 Å². The van der Waals surface area contributed by atoms with Gasteiger partial charge in [-0.1, -0.05) is 17.7 Å². The molecule has 0 aliphatic carbocycles. The molecule has 2 aromatic heterocycles. The third-order valence-electron chi connectivity index (χ3n) is 4.60. The van der Waals surface area contributed by atoms with Crippen LogP contribution in [0.1, 0.15) is 23.4 Å². The van der Waals surface area contributed by atoms with Crippen LogP contribution in [0, 0.1) is 13.8 Å².